The summed E-state index contributed by atoms with van der Waals surface area (Å²) in [6, 6.07) is 8.73. The van der Waals surface area contributed by atoms with Gasteiger partial charge in [0.15, 0.2) is 5.58 Å². The molecule has 1 aromatic heterocycles. The summed E-state index contributed by atoms with van der Waals surface area (Å²) >= 11 is 1.56. The van der Waals surface area contributed by atoms with Crippen LogP contribution in [0, 0.1) is 0 Å². The highest BCUT2D eigenvalue weighted by Gasteiger charge is 2.31. The number of hydrogen-bond donors (Lipinski definition) is 4. The highest BCUT2D eigenvalue weighted by Crippen LogP contribution is 2.30. The Balaban J connectivity index is 1.63. The zero-order chi connectivity index (χ0) is 22.9. The van der Waals surface area contributed by atoms with Gasteiger partial charge in [0.1, 0.15) is 0 Å². The Morgan fingerprint density at radius 3 is 2.62 bits per heavy atom. The summed E-state index contributed by atoms with van der Waals surface area (Å²) in [5.74, 6) is -0.640. The van der Waals surface area contributed by atoms with Crippen LogP contribution in [0.2, 0.25) is 0 Å². The molecule has 1 aliphatic rings. The number of aliphatic imine (C=N–C) groups is 1. The van der Waals surface area contributed by atoms with Crippen LogP contribution in [0.25, 0.3) is 11.1 Å². The molecule has 2 heterocycles. The molecule has 1 aliphatic heterocycles. The fourth-order valence-electron chi connectivity index (χ4n) is 3.11. The first kappa shape index (κ1) is 22.0. The molecule has 2 aromatic carbocycles. The van der Waals surface area contributed by atoms with Crippen molar-refractivity contribution in [2.45, 2.75) is 24.5 Å². The molecule has 1 saturated heterocycles. The normalized spacial score (nSPS) is 19.3. The maximum absolute atomic E-state index is 13.1. The standard InChI is InChI=1S/C20H18F3N5O3S/c1-10-24-15(9-32-10)17(29)28-18(25-12-4-2-3-11(7-12)20(21,22)23)26-13-5-6-14-16(8-13)31-19(30)27-14/h2-8,10,15,24H,9H2,1H3,(H,27,30)(H2,25,26,28,29). The third-order valence-electron chi connectivity index (χ3n) is 4.61. The van der Waals surface area contributed by atoms with Crippen LogP contribution in [-0.4, -0.2) is 34.0 Å². The van der Waals surface area contributed by atoms with Gasteiger partial charge in [-0.2, -0.15) is 18.2 Å². The van der Waals surface area contributed by atoms with E-state index < -0.39 is 29.4 Å². The largest absolute Gasteiger partial charge is 0.417 e. The maximum atomic E-state index is 13.1. The number of hydrogen-bond acceptors (Lipinski definition) is 5. The molecule has 2 unspecified atom stereocenters. The van der Waals surface area contributed by atoms with Gasteiger partial charge in [0.25, 0.3) is 5.91 Å². The van der Waals surface area contributed by atoms with Gasteiger partial charge < -0.3 is 15.1 Å². The number of thioether (sulfide) groups is 1. The number of alkyl halides is 3. The van der Waals surface area contributed by atoms with Crippen LogP contribution in [-0.2, 0) is 11.0 Å². The van der Waals surface area contributed by atoms with Crippen molar-refractivity contribution in [3.8, 4) is 0 Å². The topological polar surface area (TPSA) is 112 Å². The first-order valence-corrected chi connectivity index (χ1v) is 10.6. The SMILES string of the molecule is CC1NC(C(=O)/N=C(\Nc2cccc(C(F)(F)F)c2)Nc2ccc3[nH]c(=O)oc3c2)CS1. The van der Waals surface area contributed by atoms with E-state index in [1.165, 1.54) is 18.2 Å². The summed E-state index contributed by atoms with van der Waals surface area (Å²) in [6.07, 6.45) is -4.52. The zero-order valence-electron chi connectivity index (χ0n) is 16.6. The molecule has 0 radical (unpaired) electrons. The number of benzene rings is 2. The molecule has 1 amide bonds. The lowest BCUT2D eigenvalue weighted by Crippen LogP contribution is -2.36. The van der Waals surface area contributed by atoms with Gasteiger partial charge in [-0.05, 0) is 37.3 Å². The van der Waals surface area contributed by atoms with Crippen LogP contribution >= 0.6 is 11.8 Å². The molecule has 0 aliphatic carbocycles. The molecule has 8 nitrogen and oxygen atoms in total. The lowest BCUT2D eigenvalue weighted by Gasteiger charge is -2.15. The molecule has 0 bridgehead atoms. The zero-order valence-corrected chi connectivity index (χ0v) is 17.4. The Morgan fingerprint density at radius 1 is 1.19 bits per heavy atom. The molecule has 2 atom stereocenters. The number of carbonyl (C=O) groups excluding carboxylic acids is 1. The van der Waals surface area contributed by atoms with Gasteiger partial charge in [0.2, 0.25) is 5.96 Å². The fourth-order valence-corrected chi connectivity index (χ4v) is 4.09. The van der Waals surface area contributed by atoms with Crippen LogP contribution in [0.3, 0.4) is 0 Å². The number of nitrogens with zero attached hydrogens (tertiary/aromatic N) is 1. The quantitative estimate of drug-likeness (QED) is 0.346. The molecule has 12 heteroatoms. The summed E-state index contributed by atoms with van der Waals surface area (Å²) in [5.41, 5.74) is 0.407. The van der Waals surface area contributed by atoms with E-state index in [4.69, 9.17) is 4.42 Å². The van der Waals surface area contributed by atoms with Crippen LogP contribution in [0.4, 0.5) is 24.5 Å². The number of anilines is 2. The number of carbonyl (C=O) groups is 1. The van der Waals surface area contributed by atoms with Crippen molar-refractivity contribution in [1.82, 2.24) is 10.3 Å². The minimum absolute atomic E-state index is 0.0714. The van der Waals surface area contributed by atoms with Gasteiger partial charge in [-0.15, -0.1) is 11.8 Å². The second kappa shape index (κ2) is 8.71. The molecule has 3 aromatic rings. The minimum atomic E-state index is -4.52. The van der Waals surface area contributed by atoms with Crippen molar-refractivity contribution in [1.29, 1.82) is 0 Å². The van der Waals surface area contributed by atoms with Gasteiger partial charge in [0.05, 0.1) is 22.5 Å². The molecule has 0 saturated carbocycles. The number of aromatic nitrogens is 1. The minimum Gasteiger partial charge on any atom is -0.408 e. The number of rotatable bonds is 3. The van der Waals surface area contributed by atoms with Gasteiger partial charge in [-0.3, -0.25) is 15.1 Å². The summed E-state index contributed by atoms with van der Waals surface area (Å²) in [4.78, 5) is 30.6. The van der Waals surface area contributed by atoms with Crippen molar-refractivity contribution in [3.63, 3.8) is 0 Å². The van der Waals surface area contributed by atoms with Crippen LogP contribution in [0.5, 0.6) is 0 Å². The Morgan fingerprint density at radius 2 is 1.94 bits per heavy atom. The summed E-state index contributed by atoms with van der Waals surface area (Å²) in [6.45, 7) is 1.92. The molecule has 32 heavy (non-hydrogen) atoms. The lowest BCUT2D eigenvalue weighted by atomic mass is 10.2. The van der Waals surface area contributed by atoms with E-state index in [1.807, 2.05) is 6.92 Å². The Bertz CT molecular complexity index is 1240. The molecular weight excluding hydrogens is 447 g/mol. The lowest BCUT2D eigenvalue weighted by molar-refractivity contribution is -0.137. The Kier molecular flexibility index (Phi) is 5.98. The molecule has 4 rings (SSSR count). The number of nitrogens with one attached hydrogen (secondary N) is 4. The predicted molar refractivity (Wildman–Crippen MR) is 117 cm³/mol. The van der Waals surface area contributed by atoms with Crippen molar-refractivity contribution < 1.29 is 22.4 Å². The molecule has 168 valence electrons. The number of oxazole rings is 1. The maximum Gasteiger partial charge on any atom is 0.417 e. The molecule has 4 N–H and O–H groups in total. The van der Waals surface area contributed by atoms with E-state index in [0.717, 1.165) is 12.1 Å². The number of H-pyrrole nitrogens is 1. The highest BCUT2D eigenvalue weighted by atomic mass is 32.2. The van der Waals surface area contributed by atoms with E-state index in [2.05, 4.69) is 25.9 Å². The number of halogens is 3. The monoisotopic (exact) mass is 465 g/mol. The van der Waals surface area contributed by atoms with Crippen molar-refractivity contribution in [2.24, 2.45) is 4.99 Å². The second-order valence-corrected chi connectivity index (χ2v) is 8.42. The van der Waals surface area contributed by atoms with E-state index in [1.54, 1.807) is 23.9 Å². The average molecular weight is 465 g/mol. The number of amides is 1. The Hall–Kier alpha value is -3.25. The van der Waals surface area contributed by atoms with Crippen LogP contribution in [0.1, 0.15) is 12.5 Å². The van der Waals surface area contributed by atoms with E-state index in [0.29, 0.717) is 17.0 Å². The van der Waals surface area contributed by atoms with Gasteiger partial charge in [-0.25, -0.2) is 4.79 Å². The van der Waals surface area contributed by atoms with Gasteiger partial charge >= 0.3 is 11.9 Å². The number of guanidine groups is 1. The third-order valence-corrected chi connectivity index (χ3v) is 5.77. The first-order chi connectivity index (χ1) is 15.2. The van der Waals surface area contributed by atoms with E-state index in [9.17, 15) is 22.8 Å². The fraction of sp³-hybridized carbons (Fsp3) is 0.250. The first-order valence-electron chi connectivity index (χ1n) is 9.52. The molecule has 0 spiro atoms. The number of fused-ring (bicyclic) bond motifs is 1. The van der Waals surface area contributed by atoms with Crippen LogP contribution in [0.15, 0.2) is 56.7 Å². The molecular formula is C20H18F3N5O3S. The summed E-state index contributed by atoms with van der Waals surface area (Å²) in [7, 11) is 0. The second-order valence-electron chi connectivity index (χ2n) is 7.05. The number of aromatic amines is 1. The predicted octanol–water partition coefficient (Wildman–Crippen LogP) is 3.60. The van der Waals surface area contributed by atoms with E-state index >= 15 is 0 Å². The van der Waals surface area contributed by atoms with E-state index in [-0.39, 0.29) is 22.6 Å². The van der Waals surface area contributed by atoms with Crippen molar-refractivity contribution in [3.05, 3.63) is 58.6 Å². The van der Waals surface area contributed by atoms with Crippen LogP contribution < -0.4 is 21.7 Å². The highest BCUT2D eigenvalue weighted by molar-refractivity contribution is 8.00. The van der Waals surface area contributed by atoms with Crippen molar-refractivity contribution in [2.75, 3.05) is 16.4 Å². The summed E-state index contributed by atoms with van der Waals surface area (Å²) < 4.78 is 44.2. The summed E-state index contributed by atoms with van der Waals surface area (Å²) in [5, 5.41) is 8.80. The smallest absolute Gasteiger partial charge is 0.408 e. The third kappa shape index (κ3) is 5.14. The van der Waals surface area contributed by atoms with Crippen molar-refractivity contribution >= 4 is 46.1 Å². The Labute approximate surface area is 183 Å². The molecule has 1 fully saturated rings. The average Bonchev–Trinajstić information content (AvgIpc) is 3.31. The van der Waals surface area contributed by atoms with Gasteiger partial charge in [0, 0.05) is 23.2 Å². The van der Waals surface area contributed by atoms with Gasteiger partial charge in [-0.1, -0.05) is 6.07 Å².